The van der Waals surface area contributed by atoms with Crippen LogP contribution in [-0.2, 0) is 17.1 Å². The molecule has 0 fully saturated rings. The van der Waals surface area contributed by atoms with Crippen LogP contribution in [-0.4, -0.2) is 28.4 Å². The first-order chi connectivity index (χ1) is 15.4. The number of aryl methyl sites for hydroxylation is 1. The number of sulfonamides is 1. The second-order valence-electron chi connectivity index (χ2n) is 7.17. The molecule has 0 aliphatic carbocycles. The van der Waals surface area contributed by atoms with E-state index in [9.17, 15) is 8.42 Å². The number of nitrogens with zero attached hydrogens (tertiary/aromatic N) is 4. The van der Waals surface area contributed by atoms with Crippen LogP contribution in [0.2, 0.25) is 5.02 Å². The molecule has 10 heteroatoms. The summed E-state index contributed by atoms with van der Waals surface area (Å²) in [5.41, 5.74) is 2.28. The van der Waals surface area contributed by atoms with Crippen molar-refractivity contribution < 1.29 is 8.42 Å². The Hall–Kier alpha value is -3.69. The van der Waals surface area contributed by atoms with Crippen LogP contribution in [0, 0.1) is 0 Å². The van der Waals surface area contributed by atoms with Crippen LogP contribution in [0.25, 0.3) is 21.8 Å². The number of aromatic nitrogens is 4. The number of pyridine rings is 1. The highest BCUT2D eigenvalue weighted by Gasteiger charge is 2.17. The van der Waals surface area contributed by atoms with Gasteiger partial charge in [-0.15, -0.1) is 5.10 Å². The third-order valence-electron chi connectivity index (χ3n) is 5.04. The zero-order valence-corrected chi connectivity index (χ0v) is 18.4. The number of fused-ring (bicyclic) bond motifs is 2. The minimum absolute atomic E-state index is 0.123. The van der Waals surface area contributed by atoms with E-state index in [1.165, 1.54) is 12.1 Å². The monoisotopic (exact) mass is 464 g/mol. The van der Waals surface area contributed by atoms with Crippen molar-refractivity contribution in [2.75, 3.05) is 10.0 Å². The van der Waals surface area contributed by atoms with Gasteiger partial charge in [0.15, 0.2) is 0 Å². The van der Waals surface area contributed by atoms with E-state index in [0.717, 1.165) is 16.3 Å². The van der Waals surface area contributed by atoms with Crippen molar-refractivity contribution in [3.63, 3.8) is 0 Å². The van der Waals surface area contributed by atoms with Crippen LogP contribution in [0.1, 0.15) is 0 Å². The van der Waals surface area contributed by atoms with E-state index in [0.29, 0.717) is 27.7 Å². The van der Waals surface area contributed by atoms with E-state index in [-0.39, 0.29) is 4.90 Å². The van der Waals surface area contributed by atoms with Gasteiger partial charge in [0.05, 0.1) is 16.1 Å². The first kappa shape index (κ1) is 20.2. The maximum atomic E-state index is 12.9. The average molecular weight is 465 g/mol. The van der Waals surface area contributed by atoms with Crippen molar-refractivity contribution in [2.24, 2.45) is 7.05 Å². The fraction of sp³-hybridized carbons (Fsp3) is 0.0455. The van der Waals surface area contributed by atoms with Crippen molar-refractivity contribution in [3.8, 4) is 0 Å². The molecule has 0 saturated carbocycles. The topological polar surface area (TPSA) is 102 Å². The second kappa shape index (κ2) is 7.77. The quantitative estimate of drug-likeness (QED) is 0.390. The third-order valence-corrected chi connectivity index (χ3v) is 6.66. The lowest BCUT2D eigenvalue weighted by molar-refractivity contribution is 0.601. The number of benzene rings is 3. The lowest BCUT2D eigenvalue weighted by Gasteiger charge is -2.11. The summed E-state index contributed by atoms with van der Waals surface area (Å²) in [4.78, 5) is 4.51. The summed E-state index contributed by atoms with van der Waals surface area (Å²) >= 11 is 6.13. The smallest absolute Gasteiger partial charge is 0.261 e. The zero-order chi connectivity index (χ0) is 22.3. The summed E-state index contributed by atoms with van der Waals surface area (Å²) in [6, 6.07) is 19.1. The normalized spacial score (nSPS) is 11.7. The summed E-state index contributed by atoms with van der Waals surface area (Å²) in [6.45, 7) is 0. The molecule has 0 radical (unpaired) electrons. The molecule has 5 rings (SSSR count). The largest absolute Gasteiger partial charge is 0.340 e. The van der Waals surface area contributed by atoms with Crippen LogP contribution in [0.3, 0.4) is 0 Å². The number of hydrogen-bond acceptors (Lipinski definition) is 6. The number of rotatable bonds is 5. The Labute approximate surface area is 188 Å². The Balaban J connectivity index is 1.41. The Morgan fingerprint density at radius 3 is 2.62 bits per heavy atom. The maximum Gasteiger partial charge on any atom is 0.261 e. The Kier molecular flexibility index (Phi) is 4.91. The molecular weight excluding hydrogens is 448 g/mol. The molecule has 3 aromatic carbocycles. The Morgan fingerprint density at radius 1 is 1.00 bits per heavy atom. The van der Waals surface area contributed by atoms with Crippen molar-refractivity contribution in [1.29, 1.82) is 0 Å². The SMILES string of the molecule is Cn1nnc2c(NS(=O)(=O)c3ccc(Nc4nccc5ccc(Cl)cc45)cc3)cccc21. The van der Waals surface area contributed by atoms with Gasteiger partial charge in [-0.2, -0.15) is 0 Å². The van der Waals surface area contributed by atoms with Gasteiger partial charge in [-0.25, -0.2) is 18.1 Å². The number of nitrogens with one attached hydrogen (secondary N) is 2. The van der Waals surface area contributed by atoms with Crippen molar-refractivity contribution >= 4 is 60.6 Å². The van der Waals surface area contributed by atoms with Crippen molar-refractivity contribution in [3.05, 3.63) is 77.9 Å². The summed E-state index contributed by atoms with van der Waals surface area (Å²) in [5, 5.41) is 13.7. The predicted molar refractivity (Wildman–Crippen MR) is 126 cm³/mol. The highest BCUT2D eigenvalue weighted by molar-refractivity contribution is 7.92. The first-order valence-electron chi connectivity index (χ1n) is 9.63. The number of halogens is 1. The van der Waals surface area contributed by atoms with Gasteiger partial charge in [0.2, 0.25) is 0 Å². The number of hydrogen-bond donors (Lipinski definition) is 2. The molecule has 5 aromatic rings. The maximum absolute atomic E-state index is 12.9. The summed E-state index contributed by atoms with van der Waals surface area (Å²) in [7, 11) is -2.07. The average Bonchev–Trinajstić information content (AvgIpc) is 3.16. The summed E-state index contributed by atoms with van der Waals surface area (Å²) < 4.78 is 30.0. The molecule has 0 aliphatic rings. The molecule has 0 spiro atoms. The van der Waals surface area contributed by atoms with E-state index in [1.54, 1.807) is 42.2 Å². The first-order valence-corrected chi connectivity index (χ1v) is 11.5. The van der Waals surface area contributed by atoms with Crippen LogP contribution in [0.5, 0.6) is 0 Å². The molecule has 0 aliphatic heterocycles. The molecule has 2 N–H and O–H groups in total. The van der Waals surface area contributed by atoms with Gasteiger partial charge in [-0.1, -0.05) is 28.9 Å². The third kappa shape index (κ3) is 3.72. The Bertz CT molecular complexity index is 1570. The highest BCUT2D eigenvalue weighted by atomic mass is 35.5. The van der Waals surface area contributed by atoms with Crippen molar-refractivity contribution in [2.45, 2.75) is 4.90 Å². The van der Waals surface area contributed by atoms with E-state index in [4.69, 9.17) is 11.6 Å². The van der Waals surface area contributed by atoms with Crippen LogP contribution in [0.15, 0.2) is 77.8 Å². The molecule has 0 bridgehead atoms. The van der Waals surface area contributed by atoms with Crippen LogP contribution < -0.4 is 10.0 Å². The number of anilines is 3. The van der Waals surface area contributed by atoms with E-state index >= 15 is 0 Å². The molecule has 2 aromatic heterocycles. The van der Waals surface area contributed by atoms with Gasteiger partial charge in [0, 0.05) is 29.3 Å². The van der Waals surface area contributed by atoms with Gasteiger partial charge >= 0.3 is 0 Å². The fourth-order valence-electron chi connectivity index (χ4n) is 3.44. The highest BCUT2D eigenvalue weighted by Crippen LogP contribution is 2.28. The molecule has 8 nitrogen and oxygen atoms in total. The molecule has 32 heavy (non-hydrogen) atoms. The van der Waals surface area contributed by atoms with Gasteiger partial charge in [0.1, 0.15) is 11.3 Å². The summed E-state index contributed by atoms with van der Waals surface area (Å²) in [6.07, 6.45) is 1.70. The molecule has 0 unspecified atom stereocenters. The van der Waals surface area contributed by atoms with Crippen LogP contribution in [0.4, 0.5) is 17.2 Å². The van der Waals surface area contributed by atoms with Gasteiger partial charge in [-0.05, 0) is 60.0 Å². The van der Waals surface area contributed by atoms with Crippen molar-refractivity contribution in [1.82, 2.24) is 20.0 Å². The van der Waals surface area contributed by atoms with E-state index < -0.39 is 10.0 Å². The molecule has 2 heterocycles. The summed E-state index contributed by atoms with van der Waals surface area (Å²) in [5.74, 6) is 0.632. The minimum Gasteiger partial charge on any atom is -0.340 e. The zero-order valence-electron chi connectivity index (χ0n) is 16.8. The van der Waals surface area contributed by atoms with E-state index in [2.05, 4.69) is 25.3 Å². The minimum atomic E-state index is -3.81. The predicted octanol–water partition coefficient (Wildman–Crippen LogP) is 4.71. The molecule has 0 saturated heterocycles. The second-order valence-corrected chi connectivity index (χ2v) is 9.29. The van der Waals surface area contributed by atoms with Crippen LogP contribution >= 0.6 is 11.6 Å². The standard InChI is InChI=1S/C22H17ClN6O2S/c1-29-20-4-2-3-19(21(20)26-28-29)27-32(30,31)17-9-7-16(8-10-17)25-22-18-13-15(23)6-5-14(18)11-12-24-22/h2-13,27H,1H3,(H,24,25). The Morgan fingerprint density at radius 2 is 1.81 bits per heavy atom. The fourth-order valence-corrected chi connectivity index (χ4v) is 4.68. The molecule has 0 atom stereocenters. The van der Waals surface area contributed by atoms with Gasteiger partial charge < -0.3 is 5.32 Å². The van der Waals surface area contributed by atoms with Gasteiger partial charge in [-0.3, -0.25) is 4.72 Å². The lowest BCUT2D eigenvalue weighted by atomic mass is 10.1. The van der Waals surface area contributed by atoms with E-state index in [1.807, 2.05) is 30.3 Å². The van der Waals surface area contributed by atoms with Gasteiger partial charge in [0.25, 0.3) is 10.0 Å². The lowest BCUT2D eigenvalue weighted by Crippen LogP contribution is -2.13. The molecule has 160 valence electrons. The molecular formula is C22H17ClN6O2S. The molecule has 0 amide bonds.